The maximum Gasteiger partial charge on any atom is 0.288 e. The highest BCUT2D eigenvalue weighted by Crippen LogP contribution is 2.26. The molecule has 0 radical (unpaired) electrons. The van der Waals surface area contributed by atoms with E-state index in [-0.39, 0.29) is 10.7 Å². The highest BCUT2D eigenvalue weighted by Gasteiger charge is 2.15. The zero-order chi connectivity index (χ0) is 13.7. The van der Waals surface area contributed by atoms with Gasteiger partial charge in [0.2, 0.25) is 0 Å². The SMILES string of the molecule is CCC(C)N(CC)Cc1ccc(Cl)c([N+](=O)[O-])c1. The molecule has 1 rings (SSSR count). The van der Waals surface area contributed by atoms with Crippen LogP contribution in [0.4, 0.5) is 5.69 Å². The number of rotatable bonds is 6. The van der Waals surface area contributed by atoms with Gasteiger partial charge in [-0.1, -0.05) is 31.5 Å². The average Bonchev–Trinajstić information content (AvgIpc) is 2.36. The van der Waals surface area contributed by atoms with Crippen LogP contribution in [0.5, 0.6) is 0 Å². The molecule has 18 heavy (non-hydrogen) atoms. The first kappa shape index (κ1) is 14.9. The smallest absolute Gasteiger partial charge is 0.288 e. The molecule has 0 aliphatic carbocycles. The molecule has 1 aromatic rings. The lowest BCUT2D eigenvalue weighted by Gasteiger charge is -2.26. The van der Waals surface area contributed by atoms with E-state index in [4.69, 9.17) is 11.6 Å². The van der Waals surface area contributed by atoms with Gasteiger partial charge in [0, 0.05) is 18.7 Å². The second-order valence-electron chi connectivity index (χ2n) is 4.36. The first-order chi connectivity index (χ1) is 8.49. The van der Waals surface area contributed by atoms with Crippen molar-refractivity contribution in [2.24, 2.45) is 0 Å². The number of nitrogens with zero attached hydrogens (tertiary/aromatic N) is 2. The van der Waals surface area contributed by atoms with Crippen molar-refractivity contribution in [1.82, 2.24) is 4.90 Å². The summed E-state index contributed by atoms with van der Waals surface area (Å²) in [6, 6.07) is 5.47. The van der Waals surface area contributed by atoms with E-state index >= 15 is 0 Å². The standard InChI is InChI=1S/C13H19ClN2O2/c1-4-10(3)15(5-2)9-11-6-7-12(14)13(8-11)16(17)18/h6-8,10H,4-5,9H2,1-3H3. The fraction of sp³-hybridized carbons (Fsp3) is 0.538. The van der Waals surface area contributed by atoms with Crippen LogP contribution in [-0.2, 0) is 6.54 Å². The van der Waals surface area contributed by atoms with Gasteiger partial charge in [0.25, 0.3) is 5.69 Å². The summed E-state index contributed by atoms with van der Waals surface area (Å²) in [7, 11) is 0. The van der Waals surface area contributed by atoms with E-state index in [9.17, 15) is 10.1 Å². The van der Waals surface area contributed by atoms with Crippen molar-refractivity contribution in [2.45, 2.75) is 39.8 Å². The van der Waals surface area contributed by atoms with Crippen molar-refractivity contribution in [3.63, 3.8) is 0 Å². The van der Waals surface area contributed by atoms with Gasteiger partial charge in [-0.2, -0.15) is 0 Å². The van der Waals surface area contributed by atoms with Crippen LogP contribution >= 0.6 is 11.6 Å². The molecule has 0 spiro atoms. The van der Waals surface area contributed by atoms with Gasteiger partial charge in [0.1, 0.15) is 5.02 Å². The molecular weight excluding hydrogens is 252 g/mol. The summed E-state index contributed by atoms with van der Waals surface area (Å²) in [5, 5.41) is 11.0. The quantitative estimate of drug-likeness (QED) is 0.582. The van der Waals surface area contributed by atoms with E-state index in [1.165, 1.54) is 0 Å². The number of nitro benzene ring substituents is 1. The van der Waals surface area contributed by atoms with E-state index in [2.05, 4.69) is 25.7 Å². The van der Waals surface area contributed by atoms with Gasteiger partial charge in [-0.15, -0.1) is 0 Å². The van der Waals surface area contributed by atoms with Crippen molar-refractivity contribution in [3.8, 4) is 0 Å². The van der Waals surface area contributed by atoms with Crippen LogP contribution in [0.3, 0.4) is 0 Å². The van der Waals surface area contributed by atoms with E-state index in [0.717, 1.165) is 18.5 Å². The van der Waals surface area contributed by atoms with Crippen LogP contribution in [0.15, 0.2) is 18.2 Å². The summed E-state index contributed by atoms with van der Waals surface area (Å²) in [5.74, 6) is 0. The third-order valence-corrected chi connectivity index (χ3v) is 3.53. The molecule has 0 aliphatic heterocycles. The Morgan fingerprint density at radius 3 is 2.61 bits per heavy atom. The summed E-state index contributed by atoms with van der Waals surface area (Å²) in [4.78, 5) is 12.7. The third kappa shape index (κ3) is 3.68. The molecule has 0 heterocycles. The molecule has 0 saturated carbocycles. The minimum absolute atomic E-state index is 0.0191. The Bertz CT molecular complexity index is 423. The molecule has 0 saturated heterocycles. The van der Waals surface area contributed by atoms with E-state index in [0.29, 0.717) is 12.6 Å². The Hall–Kier alpha value is -1.13. The molecule has 1 atom stereocenters. The van der Waals surface area contributed by atoms with Crippen LogP contribution in [0.2, 0.25) is 5.02 Å². The summed E-state index contributed by atoms with van der Waals surface area (Å²) in [6.07, 6.45) is 1.06. The second kappa shape index (κ2) is 6.71. The van der Waals surface area contributed by atoms with Crippen molar-refractivity contribution in [3.05, 3.63) is 38.9 Å². The van der Waals surface area contributed by atoms with Gasteiger partial charge < -0.3 is 0 Å². The van der Waals surface area contributed by atoms with Gasteiger partial charge in [-0.3, -0.25) is 15.0 Å². The fourth-order valence-corrected chi connectivity index (χ4v) is 2.06. The summed E-state index contributed by atoms with van der Waals surface area (Å²) in [6.45, 7) is 8.02. The third-order valence-electron chi connectivity index (χ3n) is 3.21. The molecule has 0 aromatic heterocycles. The lowest BCUT2D eigenvalue weighted by molar-refractivity contribution is -0.384. The second-order valence-corrected chi connectivity index (χ2v) is 4.77. The maximum absolute atomic E-state index is 10.8. The number of benzene rings is 1. The van der Waals surface area contributed by atoms with Crippen molar-refractivity contribution >= 4 is 17.3 Å². The summed E-state index contributed by atoms with van der Waals surface area (Å²) >= 11 is 5.80. The fourth-order valence-electron chi connectivity index (χ4n) is 1.87. The molecule has 0 N–H and O–H groups in total. The monoisotopic (exact) mass is 270 g/mol. The lowest BCUT2D eigenvalue weighted by Crippen LogP contribution is -2.31. The van der Waals surface area contributed by atoms with Crippen molar-refractivity contribution in [1.29, 1.82) is 0 Å². The molecule has 0 bridgehead atoms. The Morgan fingerprint density at radius 2 is 2.11 bits per heavy atom. The molecule has 0 aliphatic rings. The number of hydrogen-bond acceptors (Lipinski definition) is 3. The Kier molecular flexibility index (Phi) is 5.56. The van der Waals surface area contributed by atoms with Crippen molar-refractivity contribution < 1.29 is 4.92 Å². The maximum atomic E-state index is 10.8. The van der Waals surface area contributed by atoms with Gasteiger partial charge in [-0.05, 0) is 31.5 Å². The molecule has 1 aromatic carbocycles. The Morgan fingerprint density at radius 1 is 1.44 bits per heavy atom. The molecule has 5 heteroatoms. The van der Waals surface area contributed by atoms with Crippen LogP contribution in [0.25, 0.3) is 0 Å². The van der Waals surface area contributed by atoms with Gasteiger partial charge in [0.15, 0.2) is 0 Å². The van der Waals surface area contributed by atoms with Crippen LogP contribution < -0.4 is 0 Å². The van der Waals surface area contributed by atoms with Gasteiger partial charge >= 0.3 is 0 Å². The number of nitro groups is 1. The molecule has 4 nitrogen and oxygen atoms in total. The zero-order valence-electron chi connectivity index (χ0n) is 11.0. The Labute approximate surface area is 113 Å². The number of hydrogen-bond donors (Lipinski definition) is 0. The molecule has 0 amide bonds. The van der Waals surface area contributed by atoms with Crippen molar-refractivity contribution in [2.75, 3.05) is 6.54 Å². The van der Waals surface area contributed by atoms with Crippen LogP contribution in [0, 0.1) is 10.1 Å². The largest absolute Gasteiger partial charge is 0.297 e. The first-order valence-electron chi connectivity index (χ1n) is 6.16. The number of halogens is 1. The predicted octanol–water partition coefficient (Wildman–Crippen LogP) is 3.87. The summed E-state index contributed by atoms with van der Waals surface area (Å²) < 4.78 is 0. The van der Waals surface area contributed by atoms with E-state index < -0.39 is 4.92 Å². The predicted molar refractivity (Wildman–Crippen MR) is 73.9 cm³/mol. The van der Waals surface area contributed by atoms with Gasteiger partial charge in [-0.25, -0.2) is 0 Å². The van der Waals surface area contributed by atoms with Crippen LogP contribution in [0.1, 0.15) is 32.8 Å². The van der Waals surface area contributed by atoms with Gasteiger partial charge in [0.05, 0.1) is 4.92 Å². The molecule has 0 fully saturated rings. The van der Waals surface area contributed by atoms with Crippen LogP contribution in [-0.4, -0.2) is 22.4 Å². The topological polar surface area (TPSA) is 46.4 Å². The van der Waals surface area contributed by atoms with E-state index in [1.54, 1.807) is 12.1 Å². The Balaban J connectivity index is 2.90. The molecular formula is C13H19ClN2O2. The molecule has 100 valence electrons. The zero-order valence-corrected chi connectivity index (χ0v) is 11.8. The minimum Gasteiger partial charge on any atom is -0.297 e. The normalized spacial score (nSPS) is 12.7. The van der Waals surface area contributed by atoms with E-state index in [1.807, 2.05) is 6.07 Å². The lowest BCUT2D eigenvalue weighted by atomic mass is 10.1. The highest BCUT2D eigenvalue weighted by molar-refractivity contribution is 6.32. The average molecular weight is 271 g/mol. The summed E-state index contributed by atoms with van der Waals surface area (Å²) in [5.41, 5.74) is 0.905. The minimum atomic E-state index is -0.439. The first-order valence-corrected chi connectivity index (χ1v) is 6.54. The highest BCUT2D eigenvalue weighted by atomic mass is 35.5. The molecule has 1 unspecified atom stereocenters.